The van der Waals surface area contributed by atoms with Gasteiger partial charge in [0.15, 0.2) is 0 Å². The molecule has 0 aliphatic rings. The van der Waals surface area contributed by atoms with E-state index in [4.69, 9.17) is 5.73 Å². The van der Waals surface area contributed by atoms with Gasteiger partial charge in [0.1, 0.15) is 5.82 Å². The summed E-state index contributed by atoms with van der Waals surface area (Å²) in [6.45, 7) is 2.52. The number of hydrogen-bond donors (Lipinski definition) is 2. The van der Waals surface area contributed by atoms with Gasteiger partial charge in [0.25, 0.3) is 0 Å². The van der Waals surface area contributed by atoms with Crippen LogP contribution >= 0.6 is 0 Å². The zero-order chi connectivity index (χ0) is 14.1. The summed E-state index contributed by atoms with van der Waals surface area (Å²) < 4.78 is 0. The van der Waals surface area contributed by atoms with Crippen molar-refractivity contribution in [3.63, 3.8) is 0 Å². The Balaban J connectivity index is 2.00. The van der Waals surface area contributed by atoms with Crippen LogP contribution in [0.2, 0.25) is 0 Å². The van der Waals surface area contributed by atoms with Crippen LogP contribution in [0.25, 0.3) is 11.0 Å². The summed E-state index contributed by atoms with van der Waals surface area (Å²) in [5.41, 5.74) is 11.1. The summed E-state index contributed by atoms with van der Waals surface area (Å²) in [5.74, 6) is 0.935. The second-order valence-corrected chi connectivity index (χ2v) is 4.96. The normalized spacial score (nSPS) is 10.9. The molecule has 0 atom stereocenters. The fourth-order valence-corrected chi connectivity index (χ4v) is 2.37. The van der Waals surface area contributed by atoms with Crippen molar-refractivity contribution in [2.75, 3.05) is 11.9 Å². The van der Waals surface area contributed by atoms with Crippen LogP contribution in [0.1, 0.15) is 11.4 Å². The quantitative estimate of drug-likeness (QED) is 0.766. The third kappa shape index (κ3) is 2.26. The van der Waals surface area contributed by atoms with E-state index in [1.54, 1.807) is 0 Å². The Morgan fingerprint density at radius 3 is 2.75 bits per heavy atom. The average molecular weight is 266 g/mol. The lowest BCUT2D eigenvalue weighted by molar-refractivity contribution is 1.06. The molecule has 3 aromatic rings. The Labute approximate surface area is 118 Å². The number of aromatic nitrogens is 2. The first kappa shape index (κ1) is 12.7. The SMILES string of the molecule is Cc1nc2ccc(N(C)c3cccc(CN)c3)cc2[nH]1. The first-order valence-electron chi connectivity index (χ1n) is 6.66. The maximum atomic E-state index is 5.70. The summed E-state index contributed by atoms with van der Waals surface area (Å²) in [7, 11) is 2.06. The lowest BCUT2D eigenvalue weighted by atomic mass is 10.1. The molecule has 4 heteroatoms. The molecule has 0 amide bonds. The fraction of sp³-hybridized carbons (Fsp3) is 0.188. The van der Waals surface area contributed by atoms with Crippen molar-refractivity contribution in [2.24, 2.45) is 5.73 Å². The molecule has 3 N–H and O–H groups in total. The number of nitrogens with two attached hydrogens (primary N) is 1. The Morgan fingerprint density at radius 1 is 1.15 bits per heavy atom. The Morgan fingerprint density at radius 2 is 1.95 bits per heavy atom. The van der Waals surface area contributed by atoms with Crippen LogP contribution < -0.4 is 10.6 Å². The van der Waals surface area contributed by atoms with Gasteiger partial charge in [0.2, 0.25) is 0 Å². The third-order valence-corrected chi connectivity index (χ3v) is 3.50. The molecule has 0 aliphatic carbocycles. The molecule has 0 fully saturated rings. The van der Waals surface area contributed by atoms with Gasteiger partial charge in [-0.3, -0.25) is 0 Å². The first-order valence-corrected chi connectivity index (χ1v) is 6.66. The topological polar surface area (TPSA) is 57.9 Å². The van der Waals surface area contributed by atoms with E-state index >= 15 is 0 Å². The number of fused-ring (bicyclic) bond motifs is 1. The largest absolute Gasteiger partial charge is 0.345 e. The standard InChI is InChI=1S/C16H18N4/c1-11-18-15-7-6-14(9-16(15)19-11)20(2)13-5-3-4-12(8-13)10-17/h3-9H,10,17H2,1-2H3,(H,18,19). The van der Waals surface area contributed by atoms with Crippen LogP contribution in [0.4, 0.5) is 11.4 Å². The number of nitrogens with one attached hydrogen (secondary N) is 1. The van der Waals surface area contributed by atoms with Crippen LogP contribution in [0.5, 0.6) is 0 Å². The van der Waals surface area contributed by atoms with Crippen LogP contribution in [0.3, 0.4) is 0 Å². The van der Waals surface area contributed by atoms with Gasteiger partial charge >= 0.3 is 0 Å². The van der Waals surface area contributed by atoms with Gasteiger partial charge in [-0.05, 0) is 42.8 Å². The highest BCUT2D eigenvalue weighted by Gasteiger charge is 2.07. The molecule has 102 valence electrons. The molecule has 1 aromatic heterocycles. The first-order chi connectivity index (χ1) is 9.67. The highest BCUT2D eigenvalue weighted by Crippen LogP contribution is 2.26. The maximum absolute atomic E-state index is 5.70. The van der Waals surface area contributed by atoms with Crippen molar-refractivity contribution in [3.05, 3.63) is 53.9 Å². The van der Waals surface area contributed by atoms with E-state index in [-0.39, 0.29) is 0 Å². The van der Waals surface area contributed by atoms with Crippen molar-refractivity contribution in [3.8, 4) is 0 Å². The number of anilines is 2. The molecule has 0 spiro atoms. The molecule has 2 aromatic carbocycles. The van der Waals surface area contributed by atoms with Gasteiger partial charge < -0.3 is 15.6 Å². The number of benzene rings is 2. The molecule has 3 rings (SSSR count). The van der Waals surface area contributed by atoms with E-state index in [1.807, 2.05) is 25.1 Å². The molecule has 0 radical (unpaired) electrons. The number of nitrogens with zero attached hydrogens (tertiary/aromatic N) is 2. The number of imidazole rings is 1. The lowest BCUT2D eigenvalue weighted by Gasteiger charge is -2.20. The van der Waals surface area contributed by atoms with Crippen molar-refractivity contribution in [2.45, 2.75) is 13.5 Å². The maximum Gasteiger partial charge on any atom is 0.104 e. The fourth-order valence-electron chi connectivity index (χ4n) is 2.37. The van der Waals surface area contributed by atoms with Crippen molar-refractivity contribution >= 4 is 22.4 Å². The minimum atomic E-state index is 0.556. The summed E-state index contributed by atoms with van der Waals surface area (Å²) in [6, 6.07) is 14.5. The van der Waals surface area contributed by atoms with Crippen LogP contribution in [-0.4, -0.2) is 17.0 Å². The van der Waals surface area contributed by atoms with E-state index in [1.165, 1.54) is 0 Å². The summed E-state index contributed by atoms with van der Waals surface area (Å²) in [4.78, 5) is 9.84. The van der Waals surface area contributed by atoms with E-state index in [0.29, 0.717) is 6.54 Å². The van der Waals surface area contributed by atoms with E-state index < -0.39 is 0 Å². The minimum absolute atomic E-state index is 0.556. The monoisotopic (exact) mass is 266 g/mol. The Bertz CT molecular complexity index is 745. The van der Waals surface area contributed by atoms with Gasteiger partial charge in [-0.25, -0.2) is 4.98 Å². The molecular formula is C16H18N4. The molecule has 0 aliphatic heterocycles. The zero-order valence-corrected chi connectivity index (χ0v) is 11.7. The molecule has 0 unspecified atom stereocenters. The Hall–Kier alpha value is -2.33. The minimum Gasteiger partial charge on any atom is -0.345 e. The summed E-state index contributed by atoms with van der Waals surface area (Å²) in [5, 5.41) is 0. The van der Waals surface area contributed by atoms with E-state index in [0.717, 1.165) is 33.8 Å². The molecule has 0 saturated heterocycles. The van der Waals surface area contributed by atoms with Crippen molar-refractivity contribution in [1.82, 2.24) is 9.97 Å². The smallest absolute Gasteiger partial charge is 0.104 e. The summed E-state index contributed by atoms with van der Waals surface area (Å²) >= 11 is 0. The van der Waals surface area contributed by atoms with E-state index in [9.17, 15) is 0 Å². The van der Waals surface area contributed by atoms with Gasteiger partial charge in [-0.15, -0.1) is 0 Å². The number of aromatic amines is 1. The predicted octanol–water partition coefficient (Wildman–Crippen LogP) is 3.10. The highest BCUT2D eigenvalue weighted by atomic mass is 15.1. The second kappa shape index (κ2) is 4.98. The zero-order valence-electron chi connectivity index (χ0n) is 11.7. The number of H-pyrrole nitrogens is 1. The van der Waals surface area contributed by atoms with Crippen molar-refractivity contribution in [1.29, 1.82) is 0 Å². The molecule has 4 nitrogen and oxygen atoms in total. The van der Waals surface area contributed by atoms with Gasteiger partial charge in [0.05, 0.1) is 11.0 Å². The second-order valence-electron chi connectivity index (χ2n) is 4.96. The molecule has 20 heavy (non-hydrogen) atoms. The van der Waals surface area contributed by atoms with Gasteiger partial charge in [0, 0.05) is 25.0 Å². The molecule has 0 bridgehead atoms. The number of rotatable bonds is 3. The van der Waals surface area contributed by atoms with Crippen LogP contribution in [-0.2, 0) is 6.54 Å². The average Bonchev–Trinajstić information content (AvgIpc) is 2.85. The third-order valence-electron chi connectivity index (χ3n) is 3.50. The van der Waals surface area contributed by atoms with E-state index in [2.05, 4.69) is 46.2 Å². The van der Waals surface area contributed by atoms with Crippen molar-refractivity contribution < 1.29 is 0 Å². The Kier molecular flexibility index (Phi) is 3.16. The molecule has 1 heterocycles. The molecule has 0 saturated carbocycles. The van der Waals surface area contributed by atoms with Crippen LogP contribution in [0.15, 0.2) is 42.5 Å². The lowest BCUT2D eigenvalue weighted by Crippen LogP contribution is -2.10. The van der Waals surface area contributed by atoms with Gasteiger partial charge in [-0.1, -0.05) is 12.1 Å². The summed E-state index contributed by atoms with van der Waals surface area (Å²) in [6.07, 6.45) is 0. The number of aryl methyl sites for hydroxylation is 1. The number of hydrogen-bond acceptors (Lipinski definition) is 3. The predicted molar refractivity (Wildman–Crippen MR) is 83.2 cm³/mol. The molecular weight excluding hydrogens is 248 g/mol. The van der Waals surface area contributed by atoms with Gasteiger partial charge in [-0.2, -0.15) is 0 Å². The highest BCUT2D eigenvalue weighted by molar-refractivity contribution is 5.81. The van der Waals surface area contributed by atoms with Crippen LogP contribution in [0, 0.1) is 6.92 Å².